The third-order valence-corrected chi connectivity index (χ3v) is 5.07. The zero-order valence-electron chi connectivity index (χ0n) is 14.7. The molecule has 1 aromatic carbocycles. The highest BCUT2D eigenvalue weighted by Crippen LogP contribution is 2.23. The van der Waals surface area contributed by atoms with E-state index >= 15 is 0 Å². The third kappa shape index (κ3) is 3.08. The number of likely N-dealkylation sites (tertiary alicyclic amines) is 1. The van der Waals surface area contributed by atoms with Crippen LogP contribution in [0, 0.1) is 19.8 Å². The van der Waals surface area contributed by atoms with E-state index in [0.717, 1.165) is 42.9 Å². The zero-order chi connectivity index (χ0) is 17.3. The van der Waals surface area contributed by atoms with Crippen molar-refractivity contribution in [1.29, 1.82) is 0 Å². The molecule has 2 unspecified atom stereocenters. The van der Waals surface area contributed by atoms with Gasteiger partial charge in [0.15, 0.2) is 0 Å². The summed E-state index contributed by atoms with van der Waals surface area (Å²) in [4.78, 5) is 14.9. The number of benzene rings is 1. The van der Waals surface area contributed by atoms with Gasteiger partial charge >= 0.3 is 0 Å². The maximum atomic E-state index is 13.0. The molecule has 0 spiro atoms. The lowest BCUT2D eigenvalue weighted by Crippen LogP contribution is -2.45. The molecule has 1 aliphatic heterocycles. The van der Waals surface area contributed by atoms with Crippen LogP contribution in [0.4, 0.5) is 0 Å². The van der Waals surface area contributed by atoms with Gasteiger partial charge in [-0.2, -0.15) is 5.10 Å². The number of carbonyl (C=O) groups is 1. The van der Waals surface area contributed by atoms with E-state index in [1.165, 1.54) is 0 Å². The van der Waals surface area contributed by atoms with Gasteiger partial charge in [-0.1, -0.05) is 18.2 Å². The van der Waals surface area contributed by atoms with E-state index in [9.17, 15) is 4.79 Å². The molecule has 1 aromatic heterocycles. The van der Waals surface area contributed by atoms with Gasteiger partial charge in [-0.25, -0.2) is 4.68 Å². The number of hydrogen-bond donors (Lipinski definition) is 1. The first kappa shape index (κ1) is 16.7. The molecule has 2 N–H and O–H groups in total. The predicted octanol–water partition coefficient (Wildman–Crippen LogP) is 2.69. The lowest BCUT2D eigenvalue weighted by Gasteiger charge is -2.34. The highest BCUT2D eigenvalue weighted by atomic mass is 16.2. The van der Waals surface area contributed by atoms with E-state index in [2.05, 4.69) is 18.1 Å². The Hall–Kier alpha value is -2.14. The highest BCUT2D eigenvalue weighted by molar-refractivity contribution is 5.95. The summed E-state index contributed by atoms with van der Waals surface area (Å²) >= 11 is 0. The summed E-state index contributed by atoms with van der Waals surface area (Å²) < 4.78 is 1.86. The molecule has 0 saturated carbocycles. The van der Waals surface area contributed by atoms with Crippen LogP contribution in [0.5, 0.6) is 0 Å². The summed E-state index contributed by atoms with van der Waals surface area (Å²) in [7, 11) is 0. The maximum absolute atomic E-state index is 13.0. The van der Waals surface area contributed by atoms with Gasteiger partial charge in [0.2, 0.25) is 0 Å². The van der Waals surface area contributed by atoms with Crippen molar-refractivity contribution in [3.63, 3.8) is 0 Å². The minimum atomic E-state index is 0.0673. The second-order valence-electron chi connectivity index (χ2n) is 6.85. The van der Waals surface area contributed by atoms with Crippen LogP contribution in [-0.2, 0) is 0 Å². The molecule has 0 aliphatic carbocycles. The monoisotopic (exact) mass is 326 g/mol. The molecule has 0 bridgehead atoms. The molecule has 5 nitrogen and oxygen atoms in total. The summed E-state index contributed by atoms with van der Waals surface area (Å²) in [6.07, 6.45) is 3.81. The molecule has 24 heavy (non-hydrogen) atoms. The first-order valence-corrected chi connectivity index (χ1v) is 8.64. The number of carbonyl (C=O) groups excluding carboxylic acids is 1. The zero-order valence-corrected chi connectivity index (χ0v) is 14.7. The Balaban J connectivity index is 1.86. The van der Waals surface area contributed by atoms with Gasteiger partial charge < -0.3 is 10.6 Å². The van der Waals surface area contributed by atoms with Crippen LogP contribution in [0.3, 0.4) is 0 Å². The van der Waals surface area contributed by atoms with E-state index in [0.29, 0.717) is 11.5 Å². The summed E-state index contributed by atoms with van der Waals surface area (Å²) in [5.74, 6) is 0.451. The van der Waals surface area contributed by atoms with Crippen LogP contribution < -0.4 is 5.73 Å². The Morgan fingerprint density at radius 1 is 1.33 bits per heavy atom. The number of amides is 1. The van der Waals surface area contributed by atoms with Gasteiger partial charge in [0.05, 0.1) is 23.1 Å². The van der Waals surface area contributed by atoms with Gasteiger partial charge in [-0.05, 0) is 51.2 Å². The van der Waals surface area contributed by atoms with Crippen molar-refractivity contribution in [3.8, 4) is 5.69 Å². The average molecular weight is 326 g/mol. The van der Waals surface area contributed by atoms with E-state index in [1.807, 2.05) is 41.6 Å². The lowest BCUT2D eigenvalue weighted by molar-refractivity contribution is 0.0660. The smallest absolute Gasteiger partial charge is 0.257 e. The standard InChI is InChI=1S/C19H26N4O/c1-13-7-4-5-9-18(13)23-15(3)17(11-21-23)19(24)22-10-6-8-16(12-22)14(2)20/h4-5,7,9,11,14,16H,6,8,10,12,20H2,1-3H3. The first-order valence-electron chi connectivity index (χ1n) is 8.64. The molecule has 3 rings (SSSR count). The van der Waals surface area contributed by atoms with E-state index < -0.39 is 0 Å². The number of rotatable bonds is 3. The van der Waals surface area contributed by atoms with Gasteiger partial charge in [-0.15, -0.1) is 0 Å². The highest BCUT2D eigenvalue weighted by Gasteiger charge is 2.28. The van der Waals surface area contributed by atoms with Crippen LogP contribution in [0.15, 0.2) is 30.5 Å². The number of nitrogens with zero attached hydrogens (tertiary/aromatic N) is 3. The molecule has 0 radical (unpaired) electrons. The quantitative estimate of drug-likeness (QED) is 0.943. The molecular weight excluding hydrogens is 300 g/mol. The van der Waals surface area contributed by atoms with E-state index in [1.54, 1.807) is 6.20 Å². The largest absolute Gasteiger partial charge is 0.338 e. The molecule has 1 saturated heterocycles. The molecular formula is C19H26N4O. The van der Waals surface area contributed by atoms with Crippen LogP contribution in [0.2, 0.25) is 0 Å². The van der Waals surface area contributed by atoms with Crippen LogP contribution >= 0.6 is 0 Å². The number of aryl methyl sites for hydroxylation is 1. The second-order valence-corrected chi connectivity index (χ2v) is 6.85. The molecule has 1 fully saturated rings. The normalized spacial score (nSPS) is 19.3. The lowest BCUT2D eigenvalue weighted by atomic mass is 9.92. The minimum absolute atomic E-state index is 0.0673. The van der Waals surface area contributed by atoms with Crippen molar-refractivity contribution in [2.24, 2.45) is 11.7 Å². The molecule has 2 heterocycles. The Morgan fingerprint density at radius 2 is 2.08 bits per heavy atom. The Labute approximate surface area is 143 Å². The number of para-hydroxylation sites is 1. The maximum Gasteiger partial charge on any atom is 0.257 e. The Kier molecular flexibility index (Phi) is 4.71. The third-order valence-electron chi connectivity index (χ3n) is 5.07. The first-order chi connectivity index (χ1) is 11.5. The number of aromatic nitrogens is 2. The molecule has 5 heteroatoms. The van der Waals surface area contributed by atoms with Gasteiger partial charge in [0, 0.05) is 19.1 Å². The average Bonchev–Trinajstić information content (AvgIpc) is 2.96. The summed E-state index contributed by atoms with van der Waals surface area (Å²) in [6.45, 7) is 7.58. The van der Waals surface area contributed by atoms with Gasteiger partial charge in [-0.3, -0.25) is 4.79 Å². The molecule has 1 aliphatic rings. The molecule has 1 amide bonds. The van der Waals surface area contributed by atoms with Crippen molar-refractivity contribution >= 4 is 5.91 Å². The van der Waals surface area contributed by atoms with Gasteiger partial charge in [0.1, 0.15) is 0 Å². The Morgan fingerprint density at radius 3 is 2.79 bits per heavy atom. The fourth-order valence-electron chi connectivity index (χ4n) is 3.46. The summed E-state index contributed by atoms with van der Waals surface area (Å²) in [6, 6.07) is 8.19. The van der Waals surface area contributed by atoms with Crippen molar-refractivity contribution < 1.29 is 4.79 Å². The number of piperidine rings is 1. The van der Waals surface area contributed by atoms with Crippen molar-refractivity contribution in [2.75, 3.05) is 13.1 Å². The number of nitrogens with two attached hydrogens (primary N) is 1. The minimum Gasteiger partial charge on any atom is -0.338 e. The molecule has 128 valence electrons. The van der Waals surface area contributed by atoms with Crippen molar-refractivity contribution in [1.82, 2.24) is 14.7 Å². The molecule has 2 atom stereocenters. The van der Waals surface area contributed by atoms with Crippen molar-refractivity contribution in [3.05, 3.63) is 47.3 Å². The van der Waals surface area contributed by atoms with Crippen LogP contribution in [0.25, 0.3) is 5.69 Å². The van der Waals surface area contributed by atoms with Crippen molar-refractivity contribution in [2.45, 2.75) is 39.7 Å². The summed E-state index contributed by atoms with van der Waals surface area (Å²) in [5.41, 5.74) is 9.76. The summed E-state index contributed by atoms with van der Waals surface area (Å²) in [5, 5.41) is 4.46. The second kappa shape index (κ2) is 6.77. The fraction of sp³-hybridized carbons (Fsp3) is 0.474. The van der Waals surface area contributed by atoms with E-state index in [4.69, 9.17) is 5.73 Å². The fourth-order valence-corrected chi connectivity index (χ4v) is 3.46. The SMILES string of the molecule is Cc1ccccc1-n1ncc(C(=O)N2CCCC(C(C)N)C2)c1C. The topological polar surface area (TPSA) is 64.2 Å². The van der Waals surface area contributed by atoms with Crippen LogP contribution in [0.1, 0.15) is 41.4 Å². The van der Waals surface area contributed by atoms with Crippen LogP contribution in [-0.4, -0.2) is 39.7 Å². The van der Waals surface area contributed by atoms with Gasteiger partial charge in [0.25, 0.3) is 5.91 Å². The van der Waals surface area contributed by atoms with E-state index in [-0.39, 0.29) is 11.9 Å². The predicted molar refractivity (Wildman–Crippen MR) is 95.3 cm³/mol. The molecule has 2 aromatic rings. The number of hydrogen-bond acceptors (Lipinski definition) is 3. The Bertz CT molecular complexity index is 735.